The van der Waals surface area contributed by atoms with Crippen molar-refractivity contribution in [2.75, 3.05) is 18.0 Å². The summed E-state index contributed by atoms with van der Waals surface area (Å²) in [4.78, 5) is 14.2. The van der Waals surface area contributed by atoms with Crippen LogP contribution in [-0.2, 0) is 7.05 Å². The predicted molar refractivity (Wildman–Crippen MR) is 99.0 cm³/mol. The first-order valence-electron chi connectivity index (χ1n) is 8.16. The molecule has 1 aliphatic rings. The molecule has 1 saturated heterocycles. The molecule has 3 rings (SSSR count). The van der Waals surface area contributed by atoms with Crippen LogP contribution in [0.5, 0.6) is 5.75 Å². The third-order valence-corrected chi connectivity index (χ3v) is 5.23. The van der Waals surface area contributed by atoms with E-state index in [1.54, 1.807) is 13.2 Å². The summed E-state index contributed by atoms with van der Waals surface area (Å²) in [5.41, 5.74) is 3.13. The number of ether oxygens (including phenoxy) is 1. The van der Waals surface area contributed by atoms with Crippen molar-refractivity contribution in [1.82, 2.24) is 9.78 Å². The quantitative estimate of drug-likeness (QED) is 0.805. The van der Waals surface area contributed by atoms with Gasteiger partial charge in [0.05, 0.1) is 11.9 Å². The zero-order valence-corrected chi connectivity index (χ0v) is 15.8. The molecule has 0 unspecified atom stereocenters. The van der Waals surface area contributed by atoms with Crippen molar-refractivity contribution >= 4 is 21.6 Å². The Morgan fingerprint density at radius 3 is 2.67 bits per heavy atom. The summed E-state index contributed by atoms with van der Waals surface area (Å²) in [6, 6.07) is 6.30. The number of anilines is 1. The van der Waals surface area contributed by atoms with Crippen LogP contribution < -0.4 is 15.2 Å². The lowest BCUT2D eigenvalue weighted by molar-refractivity contribution is 0.169. The van der Waals surface area contributed by atoms with Gasteiger partial charge in [0.1, 0.15) is 16.3 Å². The Balaban J connectivity index is 1.67. The van der Waals surface area contributed by atoms with Crippen LogP contribution in [0.3, 0.4) is 0 Å². The van der Waals surface area contributed by atoms with Crippen molar-refractivity contribution in [3.8, 4) is 5.75 Å². The summed E-state index contributed by atoms with van der Waals surface area (Å²) in [5, 5.41) is 4.12. The molecule has 1 aromatic carbocycles. The van der Waals surface area contributed by atoms with E-state index >= 15 is 0 Å². The van der Waals surface area contributed by atoms with Gasteiger partial charge in [-0.3, -0.25) is 4.79 Å². The van der Waals surface area contributed by atoms with E-state index < -0.39 is 0 Å². The van der Waals surface area contributed by atoms with Crippen molar-refractivity contribution in [1.29, 1.82) is 0 Å². The van der Waals surface area contributed by atoms with E-state index in [2.05, 4.69) is 58.0 Å². The van der Waals surface area contributed by atoms with Gasteiger partial charge in [-0.1, -0.05) is 12.1 Å². The smallest absolute Gasteiger partial charge is 0.282 e. The number of aromatic nitrogens is 2. The second kappa shape index (κ2) is 6.97. The zero-order chi connectivity index (χ0) is 17.3. The highest BCUT2D eigenvalue weighted by Gasteiger charge is 2.23. The molecular weight excluding hydrogens is 370 g/mol. The number of nitrogens with zero attached hydrogens (tertiary/aromatic N) is 3. The molecule has 0 bridgehead atoms. The third-order valence-electron chi connectivity index (χ3n) is 4.48. The van der Waals surface area contributed by atoms with E-state index in [0.29, 0.717) is 4.47 Å². The van der Waals surface area contributed by atoms with E-state index in [4.69, 9.17) is 4.74 Å². The molecule has 0 aliphatic carbocycles. The Bertz CT molecular complexity index is 795. The van der Waals surface area contributed by atoms with Crippen LogP contribution in [0.15, 0.2) is 33.7 Å². The Hall–Kier alpha value is -1.82. The summed E-state index contributed by atoms with van der Waals surface area (Å²) >= 11 is 3.41. The average molecular weight is 392 g/mol. The number of aryl methyl sites for hydroxylation is 3. The lowest BCUT2D eigenvalue weighted by Crippen LogP contribution is -2.39. The van der Waals surface area contributed by atoms with Crippen molar-refractivity contribution in [2.24, 2.45) is 7.05 Å². The summed E-state index contributed by atoms with van der Waals surface area (Å²) < 4.78 is 8.12. The molecule has 128 valence electrons. The molecule has 2 aromatic rings. The standard InChI is InChI=1S/C18H22BrN3O2/c1-12-4-5-13(2)16(10-12)24-14-6-8-22(9-7-14)15-11-20-21(3)18(23)17(15)19/h4-5,10-11,14H,6-9H2,1-3H3. The van der Waals surface area contributed by atoms with Crippen LogP contribution in [-0.4, -0.2) is 29.0 Å². The average Bonchev–Trinajstić information content (AvgIpc) is 2.57. The van der Waals surface area contributed by atoms with Gasteiger partial charge in [-0.05, 0) is 47.0 Å². The van der Waals surface area contributed by atoms with Gasteiger partial charge < -0.3 is 9.64 Å². The Morgan fingerprint density at radius 2 is 1.96 bits per heavy atom. The SMILES string of the molecule is Cc1ccc(C)c(OC2CCN(c3cnn(C)c(=O)c3Br)CC2)c1. The van der Waals surface area contributed by atoms with Crippen molar-refractivity contribution in [3.63, 3.8) is 0 Å². The summed E-state index contributed by atoms with van der Waals surface area (Å²) in [5.74, 6) is 0.977. The van der Waals surface area contributed by atoms with Gasteiger partial charge in [0.25, 0.3) is 5.56 Å². The van der Waals surface area contributed by atoms with Crippen LogP contribution in [0.4, 0.5) is 5.69 Å². The van der Waals surface area contributed by atoms with Crippen LogP contribution in [0, 0.1) is 13.8 Å². The molecular formula is C18H22BrN3O2. The molecule has 1 aliphatic heterocycles. The maximum absolute atomic E-state index is 12.0. The molecule has 5 nitrogen and oxygen atoms in total. The summed E-state index contributed by atoms with van der Waals surface area (Å²) in [6.45, 7) is 5.85. The van der Waals surface area contributed by atoms with Gasteiger partial charge in [-0.15, -0.1) is 0 Å². The summed E-state index contributed by atoms with van der Waals surface area (Å²) in [6.07, 6.45) is 3.81. The lowest BCUT2D eigenvalue weighted by Gasteiger charge is -2.34. The van der Waals surface area contributed by atoms with E-state index in [9.17, 15) is 4.79 Å². The fourth-order valence-corrected chi connectivity index (χ4v) is 3.56. The molecule has 1 fully saturated rings. The largest absolute Gasteiger partial charge is 0.490 e. The van der Waals surface area contributed by atoms with Crippen LogP contribution in [0.1, 0.15) is 24.0 Å². The lowest BCUT2D eigenvalue weighted by atomic mass is 10.1. The van der Waals surface area contributed by atoms with E-state index in [1.165, 1.54) is 15.8 Å². The van der Waals surface area contributed by atoms with Gasteiger partial charge in [0.2, 0.25) is 0 Å². The van der Waals surface area contributed by atoms with Gasteiger partial charge in [-0.25, -0.2) is 4.68 Å². The minimum atomic E-state index is -0.110. The molecule has 0 atom stereocenters. The maximum Gasteiger partial charge on any atom is 0.282 e. The molecule has 2 heterocycles. The van der Waals surface area contributed by atoms with Crippen molar-refractivity contribution in [3.05, 3.63) is 50.3 Å². The number of hydrogen-bond acceptors (Lipinski definition) is 4. The second-order valence-corrected chi connectivity index (χ2v) is 7.14. The first-order valence-corrected chi connectivity index (χ1v) is 8.95. The van der Waals surface area contributed by atoms with Crippen molar-refractivity contribution in [2.45, 2.75) is 32.8 Å². The van der Waals surface area contributed by atoms with E-state index in [-0.39, 0.29) is 11.7 Å². The number of piperidine rings is 1. The number of rotatable bonds is 3. The Labute approximate surface area is 150 Å². The highest BCUT2D eigenvalue weighted by molar-refractivity contribution is 9.10. The topological polar surface area (TPSA) is 47.4 Å². The molecule has 6 heteroatoms. The van der Waals surface area contributed by atoms with Crippen molar-refractivity contribution < 1.29 is 4.74 Å². The first-order chi connectivity index (χ1) is 11.5. The maximum atomic E-state index is 12.0. The molecule has 1 aromatic heterocycles. The third kappa shape index (κ3) is 3.48. The van der Waals surface area contributed by atoms with Gasteiger partial charge >= 0.3 is 0 Å². The Morgan fingerprint density at radius 1 is 1.25 bits per heavy atom. The fraction of sp³-hybridized carbons (Fsp3) is 0.444. The highest BCUT2D eigenvalue weighted by Crippen LogP contribution is 2.28. The molecule has 0 N–H and O–H groups in total. The minimum Gasteiger partial charge on any atom is -0.490 e. The number of benzene rings is 1. The highest BCUT2D eigenvalue weighted by atomic mass is 79.9. The van der Waals surface area contributed by atoms with Crippen LogP contribution >= 0.6 is 15.9 Å². The molecule has 0 spiro atoms. The number of hydrogen-bond donors (Lipinski definition) is 0. The Kier molecular flexibility index (Phi) is 4.94. The number of halogens is 1. The predicted octanol–water partition coefficient (Wildman–Crippen LogP) is 3.21. The fourth-order valence-electron chi connectivity index (χ4n) is 2.95. The van der Waals surface area contributed by atoms with E-state index in [0.717, 1.165) is 37.4 Å². The molecule has 24 heavy (non-hydrogen) atoms. The first kappa shape index (κ1) is 17.0. The van der Waals surface area contributed by atoms with Gasteiger partial charge in [-0.2, -0.15) is 5.10 Å². The zero-order valence-electron chi connectivity index (χ0n) is 14.3. The molecule has 0 amide bonds. The monoisotopic (exact) mass is 391 g/mol. The molecule has 0 radical (unpaired) electrons. The van der Waals surface area contributed by atoms with Gasteiger partial charge in [0, 0.05) is 33.0 Å². The van der Waals surface area contributed by atoms with Gasteiger partial charge in [0.15, 0.2) is 0 Å². The summed E-state index contributed by atoms with van der Waals surface area (Å²) in [7, 11) is 1.65. The molecule has 0 saturated carbocycles. The van der Waals surface area contributed by atoms with Crippen LogP contribution in [0.25, 0.3) is 0 Å². The van der Waals surface area contributed by atoms with E-state index in [1.807, 2.05) is 0 Å². The normalized spacial score (nSPS) is 15.6. The second-order valence-electron chi connectivity index (χ2n) is 6.35. The van der Waals surface area contributed by atoms with Crippen LogP contribution in [0.2, 0.25) is 0 Å². The minimum absolute atomic E-state index is 0.110.